The largest absolute Gasteiger partial charge is 0.389 e. The Bertz CT molecular complexity index is 932. The van der Waals surface area contributed by atoms with Crippen LogP contribution in [0.2, 0.25) is 0 Å². The molecule has 0 radical (unpaired) electrons. The van der Waals surface area contributed by atoms with Gasteiger partial charge in [-0.15, -0.1) is 0 Å². The SMILES string of the molecule is CC(=O)Nc1cccc(-c2nccn2Cc2ccccc2C(N)=S)c1. The van der Waals surface area contributed by atoms with E-state index in [9.17, 15) is 4.79 Å². The van der Waals surface area contributed by atoms with E-state index in [0.717, 1.165) is 28.2 Å². The van der Waals surface area contributed by atoms with Crippen LogP contribution < -0.4 is 11.1 Å². The number of amides is 1. The van der Waals surface area contributed by atoms with Gasteiger partial charge in [-0.1, -0.05) is 48.6 Å². The van der Waals surface area contributed by atoms with Crippen LogP contribution in [0.15, 0.2) is 60.9 Å². The molecule has 3 N–H and O–H groups in total. The molecular weight excluding hydrogens is 332 g/mol. The minimum Gasteiger partial charge on any atom is -0.389 e. The van der Waals surface area contributed by atoms with Gasteiger partial charge in [0.15, 0.2) is 0 Å². The van der Waals surface area contributed by atoms with Gasteiger partial charge in [0.05, 0.1) is 0 Å². The highest BCUT2D eigenvalue weighted by Crippen LogP contribution is 2.23. The third kappa shape index (κ3) is 3.92. The first kappa shape index (κ1) is 16.9. The Balaban J connectivity index is 1.94. The molecule has 1 amide bonds. The summed E-state index contributed by atoms with van der Waals surface area (Å²) < 4.78 is 2.03. The number of nitrogens with one attached hydrogen (secondary N) is 1. The van der Waals surface area contributed by atoms with Crippen LogP contribution in [0, 0.1) is 0 Å². The standard InChI is InChI=1S/C19H18N4OS/c1-13(24)22-16-7-4-6-14(11-16)19-21-9-10-23(19)12-15-5-2-3-8-17(15)18(20)25/h2-11H,12H2,1H3,(H2,20,25)(H,22,24). The summed E-state index contributed by atoms with van der Waals surface area (Å²) in [6.45, 7) is 2.09. The molecule has 0 aliphatic carbocycles. The molecular formula is C19H18N4OS. The number of benzene rings is 2. The van der Waals surface area contributed by atoms with Crippen LogP contribution in [0.1, 0.15) is 18.1 Å². The topological polar surface area (TPSA) is 72.9 Å². The second-order valence-corrected chi connectivity index (χ2v) is 6.10. The average Bonchev–Trinajstić information content (AvgIpc) is 3.03. The van der Waals surface area contributed by atoms with E-state index in [1.807, 2.05) is 59.3 Å². The summed E-state index contributed by atoms with van der Waals surface area (Å²) in [4.78, 5) is 16.1. The van der Waals surface area contributed by atoms with E-state index in [2.05, 4.69) is 10.3 Å². The summed E-state index contributed by atoms with van der Waals surface area (Å²) in [6.07, 6.45) is 3.67. The number of aromatic nitrogens is 2. The maximum Gasteiger partial charge on any atom is 0.221 e. The minimum atomic E-state index is -0.106. The van der Waals surface area contributed by atoms with Crippen molar-refractivity contribution in [1.29, 1.82) is 0 Å². The number of hydrogen-bond acceptors (Lipinski definition) is 3. The highest BCUT2D eigenvalue weighted by atomic mass is 32.1. The van der Waals surface area contributed by atoms with E-state index in [-0.39, 0.29) is 5.91 Å². The first-order valence-electron chi connectivity index (χ1n) is 7.81. The second kappa shape index (κ2) is 7.27. The van der Waals surface area contributed by atoms with Crippen molar-refractivity contribution in [2.24, 2.45) is 5.73 Å². The molecule has 0 fully saturated rings. The number of nitrogens with two attached hydrogens (primary N) is 1. The van der Waals surface area contributed by atoms with Crippen LogP contribution in [-0.2, 0) is 11.3 Å². The summed E-state index contributed by atoms with van der Waals surface area (Å²) in [5.74, 6) is 0.704. The van der Waals surface area contributed by atoms with Crippen molar-refractivity contribution in [2.45, 2.75) is 13.5 Å². The van der Waals surface area contributed by atoms with Gasteiger partial charge in [-0.3, -0.25) is 4.79 Å². The molecule has 5 nitrogen and oxygen atoms in total. The molecule has 0 spiro atoms. The number of nitrogens with zero attached hydrogens (tertiary/aromatic N) is 2. The van der Waals surface area contributed by atoms with Gasteiger partial charge < -0.3 is 15.6 Å². The average molecular weight is 350 g/mol. The Kier molecular flexibility index (Phi) is 4.90. The fraction of sp³-hybridized carbons (Fsp3) is 0.105. The number of carbonyl (C=O) groups excluding carboxylic acids is 1. The Labute approximate surface area is 151 Å². The monoisotopic (exact) mass is 350 g/mol. The van der Waals surface area contributed by atoms with Crippen molar-refractivity contribution in [3.8, 4) is 11.4 Å². The van der Waals surface area contributed by atoms with Gasteiger partial charge in [0.2, 0.25) is 5.91 Å². The molecule has 6 heteroatoms. The molecule has 0 saturated carbocycles. The van der Waals surface area contributed by atoms with Gasteiger partial charge in [0, 0.05) is 42.7 Å². The molecule has 1 aromatic heterocycles. The normalized spacial score (nSPS) is 10.4. The van der Waals surface area contributed by atoms with Crippen LogP contribution in [-0.4, -0.2) is 20.4 Å². The Morgan fingerprint density at radius 3 is 2.80 bits per heavy atom. The predicted molar refractivity (Wildman–Crippen MR) is 103 cm³/mol. The lowest BCUT2D eigenvalue weighted by molar-refractivity contribution is -0.114. The lowest BCUT2D eigenvalue weighted by Gasteiger charge is -2.12. The van der Waals surface area contributed by atoms with Gasteiger partial charge in [0.1, 0.15) is 10.8 Å². The highest BCUT2D eigenvalue weighted by molar-refractivity contribution is 7.80. The summed E-state index contributed by atoms with van der Waals surface area (Å²) in [7, 11) is 0. The Morgan fingerprint density at radius 2 is 2.04 bits per heavy atom. The van der Waals surface area contributed by atoms with Gasteiger partial charge in [-0.05, 0) is 17.7 Å². The van der Waals surface area contributed by atoms with Gasteiger partial charge in [-0.25, -0.2) is 4.98 Å². The number of hydrogen-bond donors (Lipinski definition) is 2. The molecule has 2 aromatic carbocycles. The number of imidazole rings is 1. The molecule has 0 atom stereocenters. The van der Waals surface area contributed by atoms with Crippen LogP contribution in [0.5, 0.6) is 0 Å². The van der Waals surface area contributed by atoms with Crippen molar-refractivity contribution in [2.75, 3.05) is 5.32 Å². The van der Waals surface area contributed by atoms with E-state index in [0.29, 0.717) is 11.5 Å². The summed E-state index contributed by atoms with van der Waals surface area (Å²) in [5, 5.41) is 2.79. The smallest absolute Gasteiger partial charge is 0.221 e. The van der Waals surface area contributed by atoms with Crippen LogP contribution in [0.3, 0.4) is 0 Å². The van der Waals surface area contributed by atoms with Crippen LogP contribution in [0.4, 0.5) is 5.69 Å². The van der Waals surface area contributed by atoms with E-state index >= 15 is 0 Å². The van der Waals surface area contributed by atoms with E-state index in [4.69, 9.17) is 18.0 Å². The van der Waals surface area contributed by atoms with E-state index in [1.165, 1.54) is 6.92 Å². The van der Waals surface area contributed by atoms with Crippen LogP contribution >= 0.6 is 12.2 Å². The molecule has 0 saturated heterocycles. The zero-order valence-corrected chi connectivity index (χ0v) is 14.6. The van der Waals surface area contributed by atoms with Gasteiger partial charge in [0.25, 0.3) is 0 Å². The second-order valence-electron chi connectivity index (χ2n) is 5.66. The highest BCUT2D eigenvalue weighted by Gasteiger charge is 2.10. The summed E-state index contributed by atoms with van der Waals surface area (Å²) >= 11 is 5.14. The van der Waals surface area contributed by atoms with Crippen LogP contribution in [0.25, 0.3) is 11.4 Å². The maximum absolute atomic E-state index is 11.3. The maximum atomic E-state index is 11.3. The van der Waals surface area contributed by atoms with Crippen molar-refractivity contribution < 1.29 is 4.79 Å². The molecule has 0 unspecified atom stereocenters. The fourth-order valence-electron chi connectivity index (χ4n) is 2.72. The van der Waals surface area contributed by atoms with E-state index in [1.54, 1.807) is 6.20 Å². The van der Waals surface area contributed by atoms with Crippen molar-refractivity contribution >= 4 is 28.8 Å². The third-order valence-corrected chi connectivity index (χ3v) is 4.00. The Hall–Kier alpha value is -2.99. The van der Waals surface area contributed by atoms with E-state index < -0.39 is 0 Å². The number of carbonyl (C=O) groups is 1. The lowest BCUT2D eigenvalue weighted by atomic mass is 10.1. The number of anilines is 1. The first-order valence-corrected chi connectivity index (χ1v) is 8.22. The Morgan fingerprint density at radius 1 is 1.24 bits per heavy atom. The summed E-state index contributed by atoms with van der Waals surface area (Å²) in [6, 6.07) is 15.4. The number of rotatable bonds is 5. The first-order chi connectivity index (χ1) is 12.0. The molecule has 3 rings (SSSR count). The quantitative estimate of drug-likeness (QED) is 0.693. The molecule has 0 bridgehead atoms. The minimum absolute atomic E-state index is 0.106. The van der Waals surface area contributed by atoms with Crippen molar-refractivity contribution in [1.82, 2.24) is 9.55 Å². The molecule has 25 heavy (non-hydrogen) atoms. The van der Waals surface area contributed by atoms with Crippen molar-refractivity contribution in [3.63, 3.8) is 0 Å². The molecule has 1 heterocycles. The zero-order valence-electron chi connectivity index (χ0n) is 13.8. The predicted octanol–water partition coefficient (Wildman–Crippen LogP) is 3.19. The molecule has 0 aliphatic heterocycles. The number of thiocarbonyl (C=S) groups is 1. The third-order valence-electron chi connectivity index (χ3n) is 3.78. The molecule has 0 aliphatic rings. The lowest BCUT2D eigenvalue weighted by Crippen LogP contribution is -2.14. The summed E-state index contributed by atoms with van der Waals surface area (Å²) in [5.41, 5.74) is 9.38. The van der Waals surface area contributed by atoms with Gasteiger partial charge >= 0.3 is 0 Å². The van der Waals surface area contributed by atoms with Gasteiger partial charge in [-0.2, -0.15) is 0 Å². The molecule has 126 valence electrons. The fourth-order valence-corrected chi connectivity index (χ4v) is 2.92. The molecule has 3 aromatic rings. The van der Waals surface area contributed by atoms with Crippen molar-refractivity contribution in [3.05, 3.63) is 72.1 Å². The zero-order chi connectivity index (χ0) is 17.8.